The van der Waals surface area contributed by atoms with E-state index in [2.05, 4.69) is 34.2 Å². The predicted octanol–water partition coefficient (Wildman–Crippen LogP) is 7.13. The molecular weight excluding hydrogens is 672 g/mol. The minimum absolute atomic E-state index is 0.0681. The number of amidine groups is 1. The molecule has 1 unspecified atom stereocenters. The summed E-state index contributed by atoms with van der Waals surface area (Å²) in [6.45, 7) is 7.63. The van der Waals surface area contributed by atoms with E-state index in [4.69, 9.17) is 12.2 Å². The molecule has 1 saturated heterocycles. The van der Waals surface area contributed by atoms with Crippen molar-refractivity contribution < 1.29 is 22.8 Å². The van der Waals surface area contributed by atoms with Crippen molar-refractivity contribution in [2.24, 2.45) is 4.99 Å². The van der Waals surface area contributed by atoms with Gasteiger partial charge in [0.25, 0.3) is 0 Å². The number of hydrogen-bond acceptors (Lipinski definition) is 6. The summed E-state index contributed by atoms with van der Waals surface area (Å²) < 4.78 is 40.2. The third-order valence-corrected chi connectivity index (χ3v) is 9.27. The number of amides is 2. The first-order valence-electron chi connectivity index (χ1n) is 15.6. The van der Waals surface area contributed by atoms with Crippen LogP contribution >= 0.6 is 24.0 Å². The number of carbonyl (C=O) groups is 2. The molecule has 49 heavy (non-hydrogen) atoms. The normalized spacial score (nSPS) is 14.8. The number of thioether (sulfide) groups is 1. The molecule has 2 amide bonds. The van der Waals surface area contributed by atoms with E-state index in [1.807, 2.05) is 49.4 Å². The lowest BCUT2D eigenvalue weighted by Crippen LogP contribution is -2.48. The zero-order valence-electron chi connectivity index (χ0n) is 27.7. The quantitative estimate of drug-likeness (QED) is 0.146. The standard InChI is InChI=1S/C35H36F3N7O2S2/c1-21(2)28-16-6-22(3)18-29(28)45-31(47)19-49-34(45)41-33(48)40-30(43(5)23(4)46)17-9-24-7-10-25(11-8-24)32-39-20-44(42-32)27-14-12-26(13-15-27)35(36,37)38/h6-8,10-16,18,20-21,30H,9,17,19H2,1-5H3,(H,40,48). The van der Waals surface area contributed by atoms with E-state index in [0.717, 1.165) is 40.1 Å². The van der Waals surface area contributed by atoms with E-state index >= 15 is 0 Å². The van der Waals surface area contributed by atoms with Crippen molar-refractivity contribution in [3.8, 4) is 17.1 Å². The lowest BCUT2D eigenvalue weighted by Gasteiger charge is -2.29. The monoisotopic (exact) mass is 707 g/mol. The molecule has 0 saturated carbocycles. The first kappa shape index (κ1) is 35.7. The molecule has 9 nitrogen and oxygen atoms in total. The summed E-state index contributed by atoms with van der Waals surface area (Å²) in [7, 11) is 1.69. The highest BCUT2D eigenvalue weighted by atomic mass is 32.2. The Balaban J connectivity index is 1.26. The SMILES string of the molecule is CC(=O)N(C)C(CCc1ccc(-c2ncn(-c3ccc(C(F)(F)F)cc3)n2)cc1)NC(=S)N=C1SCC(=O)N1c1cc(C)ccc1C(C)C. The maximum Gasteiger partial charge on any atom is 0.416 e. The van der Waals surface area contributed by atoms with Gasteiger partial charge in [-0.25, -0.2) is 9.67 Å². The van der Waals surface area contributed by atoms with Gasteiger partial charge in [0, 0.05) is 19.5 Å². The summed E-state index contributed by atoms with van der Waals surface area (Å²) in [5.41, 5.74) is 4.33. The van der Waals surface area contributed by atoms with E-state index in [0.29, 0.717) is 29.5 Å². The Bertz CT molecular complexity index is 1870. The van der Waals surface area contributed by atoms with Crippen LogP contribution in [0.1, 0.15) is 55.4 Å². The van der Waals surface area contributed by atoms with E-state index in [9.17, 15) is 22.8 Å². The number of benzene rings is 3. The fourth-order valence-corrected chi connectivity index (χ4v) is 6.45. The van der Waals surface area contributed by atoms with Crippen LogP contribution in [-0.4, -0.2) is 60.7 Å². The molecule has 0 spiro atoms. The van der Waals surface area contributed by atoms with Gasteiger partial charge in [-0.15, -0.1) is 5.10 Å². The lowest BCUT2D eigenvalue weighted by atomic mass is 9.99. The molecule has 1 N–H and O–H groups in total. The predicted molar refractivity (Wildman–Crippen MR) is 191 cm³/mol. The molecule has 1 aromatic heterocycles. The van der Waals surface area contributed by atoms with Gasteiger partial charge in [0.2, 0.25) is 11.8 Å². The molecule has 1 aliphatic heterocycles. The second kappa shape index (κ2) is 14.9. The minimum Gasteiger partial charge on any atom is -0.341 e. The van der Waals surface area contributed by atoms with Gasteiger partial charge in [0.1, 0.15) is 12.5 Å². The maximum absolute atomic E-state index is 13.0. The van der Waals surface area contributed by atoms with Crippen LogP contribution in [0.4, 0.5) is 18.9 Å². The molecule has 4 aromatic rings. The number of aliphatic imine (C=N–C) groups is 1. The van der Waals surface area contributed by atoms with Gasteiger partial charge < -0.3 is 10.2 Å². The molecular formula is C35H36F3N7O2S2. The minimum atomic E-state index is -4.41. The first-order chi connectivity index (χ1) is 23.2. The van der Waals surface area contributed by atoms with Crippen molar-refractivity contribution in [3.63, 3.8) is 0 Å². The number of aromatic nitrogens is 3. The van der Waals surface area contributed by atoms with Crippen LogP contribution in [0, 0.1) is 6.92 Å². The van der Waals surface area contributed by atoms with Gasteiger partial charge in [-0.3, -0.25) is 14.5 Å². The molecule has 1 aliphatic rings. The maximum atomic E-state index is 13.0. The first-order valence-corrected chi connectivity index (χ1v) is 17.0. The Labute approximate surface area is 292 Å². The lowest BCUT2D eigenvalue weighted by molar-refractivity contribution is -0.137. The van der Waals surface area contributed by atoms with Crippen LogP contribution < -0.4 is 10.2 Å². The number of nitrogens with one attached hydrogen (secondary N) is 1. The highest BCUT2D eigenvalue weighted by Gasteiger charge is 2.33. The summed E-state index contributed by atoms with van der Waals surface area (Å²) >= 11 is 6.96. The molecule has 3 aromatic carbocycles. The van der Waals surface area contributed by atoms with E-state index in [-0.39, 0.29) is 28.6 Å². The summed E-state index contributed by atoms with van der Waals surface area (Å²) in [6, 6.07) is 18.4. The van der Waals surface area contributed by atoms with Crippen LogP contribution in [0.3, 0.4) is 0 Å². The molecule has 1 fully saturated rings. The van der Waals surface area contributed by atoms with Crippen molar-refractivity contribution in [2.45, 2.75) is 58.8 Å². The smallest absolute Gasteiger partial charge is 0.341 e. The average molecular weight is 708 g/mol. The third kappa shape index (κ3) is 8.54. The number of alkyl halides is 3. The topological polar surface area (TPSA) is 95.7 Å². The average Bonchev–Trinajstić information content (AvgIpc) is 3.69. The number of aryl methyl sites for hydroxylation is 2. The molecule has 2 heterocycles. The number of halogens is 3. The van der Waals surface area contributed by atoms with Gasteiger partial charge in [-0.2, -0.15) is 18.2 Å². The second-order valence-electron chi connectivity index (χ2n) is 12.0. The van der Waals surface area contributed by atoms with Crippen molar-refractivity contribution in [1.29, 1.82) is 0 Å². The fraction of sp³-hybridized carbons (Fsp3) is 0.314. The summed E-state index contributed by atoms with van der Waals surface area (Å²) in [5, 5.41) is 8.30. The summed E-state index contributed by atoms with van der Waals surface area (Å²) in [5.74, 6) is 0.664. The molecule has 1 atom stereocenters. The van der Waals surface area contributed by atoms with Crippen molar-refractivity contribution >= 4 is 51.8 Å². The Morgan fingerprint density at radius 3 is 2.43 bits per heavy atom. The Morgan fingerprint density at radius 2 is 1.80 bits per heavy atom. The number of hydrogen-bond donors (Lipinski definition) is 1. The van der Waals surface area contributed by atoms with E-state index < -0.39 is 17.9 Å². The van der Waals surface area contributed by atoms with Gasteiger partial charge in [-0.1, -0.05) is 62.0 Å². The molecule has 0 radical (unpaired) electrons. The molecule has 14 heteroatoms. The van der Waals surface area contributed by atoms with Gasteiger partial charge >= 0.3 is 6.18 Å². The Kier molecular flexibility index (Phi) is 10.9. The number of anilines is 1. The van der Waals surface area contributed by atoms with E-state index in [1.165, 1.54) is 41.8 Å². The molecule has 0 bridgehead atoms. The number of carbonyl (C=O) groups excluding carboxylic acids is 2. The summed E-state index contributed by atoms with van der Waals surface area (Å²) in [4.78, 5) is 37.6. The number of nitrogens with zero attached hydrogens (tertiary/aromatic N) is 6. The second-order valence-corrected chi connectivity index (χ2v) is 13.3. The molecule has 0 aliphatic carbocycles. The third-order valence-electron chi connectivity index (χ3n) is 8.14. The highest BCUT2D eigenvalue weighted by molar-refractivity contribution is 8.15. The largest absolute Gasteiger partial charge is 0.416 e. The molecule has 256 valence electrons. The van der Waals surface area contributed by atoms with Gasteiger partial charge in [0.05, 0.1) is 22.7 Å². The fourth-order valence-electron chi connectivity index (χ4n) is 5.31. The van der Waals surface area contributed by atoms with E-state index in [1.54, 1.807) is 16.8 Å². The highest BCUT2D eigenvalue weighted by Crippen LogP contribution is 2.34. The van der Waals surface area contributed by atoms with Crippen molar-refractivity contribution in [3.05, 3.63) is 95.3 Å². The zero-order chi connectivity index (χ0) is 35.5. The van der Waals surface area contributed by atoms with Crippen molar-refractivity contribution in [2.75, 3.05) is 17.7 Å². The van der Waals surface area contributed by atoms with Crippen LogP contribution in [0.5, 0.6) is 0 Å². The number of thiocarbonyl (C=S) groups is 1. The molecule has 5 rings (SSSR count). The van der Waals surface area contributed by atoms with Crippen LogP contribution in [-0.2, 0) is 22.2 Å². The van der Waals surface area contributed by atoms with Gasteiger partial charge in [0.15, 0.2) is 16.1 Å². The van der Waals surface area contributed by atoms with Crippen LogP contribution in [0.2, 0.25) is 0 Å². The van der Waals surface area contributed by atoms with Crippen LogP contribution in [0.15, 0.2) is 78.0 Å². The number of rotatable bonds is 9. The van der Waals surface area contributed by atoms with Crippen molar-refractivity contribution in [1.82, 2.24) is 25.0 Å². The summed E-state index contributed by atoms with van der Waals surface area (Å²) in [6.07, 6.45) is -2.30. The Morgan fingerprint density at radius 1 is 1.10 bits per heavy atom. The van der Waals surface area contributed by atoms with Crippen LogP contribution in [0.25, 0.3) is 17.1 Å². The Hall–Kier alpha value is -4.56. The van der Waals surface area contributed by atoms with Gasteiger partial charge in [-0.05, 0) is 84.9 Å². The zero-order valence-corrected chi connectivity index (χ0v) is 29.3.